The lowest BCUT2D eigenvalue weighted by atomic mass is 10.1. The number of carbonyl (C=O) groups is 1. The molecule has 0 saturated heterocycles. The number of aryl methyl sites for hydroxylation is 1. The first-order valence-corrected chi connectivity index (χ1v) is 7.99. The van der Waals surface area contributed by atoms with Gasteiger partial charge in [-0.2, -0.15) is 5.26 Å². The number of ether oxygens (including phenoxy) is 1. The second-order valence-electron chi connectivity index (χ2n) is 5.41. The molecule has 0 aliphatic rings. The van der Waals surface area contributed by atoms with Gasteiger partial charge in [0.15, 0.2) is 0 Å². The summed E-state index contributed by atoms with van der Waals surface area (Å²) in [5, 5.41) is 12.6. The van der Waals surface area contributed by atoms with Crippen molar-refractivity contribution >= 4 is 28.6 Å². The third-order valence-corrected chi connectivity index (χ3v) is 3.96. The fourth-order valence-corrected chi connectivity index (χ4v) is 2.71. The van der Waals surface area contributed by atoms with Crippen molar-refractivity contribution in [2.45, 2.75) is 13.5 Å². The van der Waals surface area contributed by atoms with Crippen LogP contribution in [0.4, 0.5) is 9.18 Å². The van der Waals surface area contributed by atoms with Gasteiger partial charge in [0, 0.05) is 24.5 Å². The Morgan fingerprint density at radius 2 is 2.23 bits per heavy atom. The third kappa shape index (κ3) is 3.58. The molecule has 1 aromatic carbocycles. The Morgan fingerprint density at radius 1 is 1.42 bits per heavy atom. The highest BCUT2D eigenvalue weighted by Gasteiger charge is 2.14. The van der Waals surface area contributed by atoms with Gasteiger partial charge in [-0.15, -0.1) is 0 Å². The molecule has 3 aromatic rings. The molecule has 2 heterocycles. The summed E-state index contributed by atoms with van der Waals surface area (Å²) in [7, 11) is 0. The van der Waals surface area contributed by atoms with Gasteiger partial charge in [-0.05, 0) is 24.6 Å². The van der Waals surface area contributed by atoms with Crippen LogP contribution in [0.15, 0.2) is 30.6 Å². The molecule has 7 nitrogen and oxygen atoms in total. The van der Waals surface area contributed by atoms with Crippen LogP contribution < -0.4 is 10.1 Å². The van der Waals surface area contributed by atoms with Crippen molar-refractivity contribution in [3.8, 4) is 11.9 Å². The molecule has 0 fully saturated rings. The predicted octanol–water partition coefficient (Wildman–Crippen LogP) is 3.19. The van der Waals surface area contributed by atoms with Crippen LogP contribution >= 0.6 is 11.6 Å². The maximum atomic E-state index is 14.2. The summed E-state index contributed by atoms with van der Waals surface area (Å²) in [5.74, 6) is -0.418. The molecule has 1 N–H and O–H groups in total. The van der Waals surface area contributed by atoms with E-state index in [9.17, 15) is 14.4 Å². The monoisotopic (exact) mass is 373 g/mol. The number of aromatic nitrogens is 3. The molecule has 26 heavy (non-hydrogen) atoms. The second-order valence-corrected chi connectivity index (χ2v) is 5.80. The largest absolute Gasteiger partial charge is 0.414 e. The van der Waals surface area contributed by atoms with E-state index in [0.717, 1.165) is 5.56 Å². The Hall–Kier alpha value is -3.18. The molecule has 0 radical (unpaired) electrons. The zero-order valence-corrected chi connectivity index (χ0v) is 14.4. The van der Waals surface area contributed by atoms with Gasteiger partial charge in [-0.3, -0.25) is 0 Å². The van der Waals surface area contributed by atoms with E-state index in [4.69, 9.17) is 16.3 Å². The third-order valence-electron chi connectivity index (χ3n) is 3.75. The topological polar surface area (TPSA) is 92.8 Å². The van der Waals surface area contributed by atoms with Crippen molar-refractivity contribution < 1.29 is 13.9 Å². The number of nitrogens with one attached hydrogen (secondary N) is 1. The maximum absolute atomic E-state index is 14.2. The van der Waals surface area contributed by atoms with E-state index in [0.29, 0.717) is 16.6 Å². The molecule has 0 atom stereocenters. The quantitative estimate of drug-likeness (QED) is 0.709. The lowest BCUT2D eigenvalue weighted by Crippen LogP contribution is -2.30. The Labute approximate surface area is 153 Å². The van der Waals surface area contributed by atoms with Crippen molar-refractivity contribution in [2.24, 2.45) is 0 Å². The lowest BCUT2D eigenvalue weighted by molar-refractivity contribution is 0.198. The summed E-state index contributed by atoms with van der Waals surface area (Å²) in [4.78, 5) is 19.2. The number of benzene rings is 1. The van der Waals surface area contributed by atoms with Crippen LogP contribution in [0.1, 0.15) is 11.3 Å². The van der Waals surface area contributed by atoms with Crippen molar-refractivity contribution in [1.82, 2.24) is 19.9 Å². The summed E-state index contributed by atoms with van der Waals surface area (Å²) in [6, 6.07) is 7.99. The summed E-state index contributed by atoms with van der Waals surface area (Å²) < 4.78 is 20.7. The van der Waals surface area contributed by atoms with Crippen LogP contribution in [0.3, 0.4) is 0 Å². The number of rotatable bonds is 4. The average molecular weight is 374 g/mol. The fraction of sp³-hybridized carbons (Fsp3) is 0.176. The number of halogens is 2. The molecule has 0 bridgehead atoms. The minimum absolute atomic E-state index is 0.00768. The van der Waals surface area contributed by atoms with Gasteiger partial charge in [-0.1, -0.05) is 17.7 Å². The first-order valence-electron chi connectivity index (χ1n) is 7.61. The van der Waals surface area contributed by atoms with Gasteiger partial charge < -0.3 is 14.6 Å². The lowest BCUT2D eigenvalue weighted by Gasteiger charge is -2.10. The molecule has 0 unspecified atom stereocenters. The van der Waals surface area contributed by atoms with Crippen molar-refractivity contribution in [2.75, 3.05) is 6.54 Å². The van der Waals surface area contributed by atoms with E-state index in [1.54, 1.807) is 12.1 Å². The van der Waals surface area contributed by atoms with Gasteiger partial charge in [0.2, 0.25) is 5.88 Å². The summed E-state index contributed by atoms with van der Waals surface area (Å²) in [5.41, 5.74) is 1.51. The highest BCUT2D eigenvalue weighted by Crippen LogP contribution is 2.25. The van der Waals surface area contributed by atoms with E-state index in [1.165, 1.54) is 23.0 Å². The molecule has 0 saturated carbocycles. The number of fused-ring (bicyclic) bond motifs is 1. The molecular weight excluding hydrogens is 361 g/mol. The molecule has 0 aliphatic carbocycles. The van der Waals surface area contributed by atoms with Gasteiger partial charge in [0.25, 0.3) is 0 Å². The number of nitrogens with zero attached hydrogens (tertiary/aromatic N) is 4. The number of hydrogen-bond acceptors (Lipinski definition) is 5. The summed E-state index contributed by atoms with van der Waals surface area (Å²) in [6.07, 6.45) is 0.424. The molecule has 1 amide bonds. The molecule has 0 spiro atoms. The Balaban J connectivity index is 1.71. The molecule has 9 heteroatoms. The molecule has 3 rings (SSSR count). The minimum atomic E-state index is -0.744. The fourth-order valence-electron chi connectivity index (χ4n) is 2.57. The smallest absolute Gasteiger partial charge is 0.391 e. The van der Waals surface area contributed by atoms with E-state index >= 15 is 0 Å². The predicted molar refractivity (Wildman–Crippen MR) is 92.4 cm³/mol. The van der Waals surface area contributed by atoms with Crippen LogP contribution in [0.5, 0.6) is 5.88 Å². The van der Waals surface area contributed by atoms with Crippen LogP contribution in [0, 0.1) is 24.1 Å². The number of amides is 1. The molecular formula is C17H13ClFN5O2. The van der Waals surface area contributed by atoms with Crippen LogP contribution in [-0.2, 0) is 6.54 Å². The molecule has 0 aliphatic heterocycles. The number of carbonyl (C=O) groups excluding carboxylic acids is 1. The van der Waals surface area contributed by atoms with Crippen molar-refractivity contribution in [3.05, 3.63) is 52.8 Å². The Kier molecular flexibility index (Phi) is 5.00. The van der Waals surface area contributed by atoms with E-state index in [1.807, 2.05) is 13.0 Å². The second kappa shape index (κ2) is 7.37. The Morgan fingerprint density at radius 3 is 2.96 bits per heavy atom. The van der Waals surface area contributed by atoms with Crippen molar-refractivity contribution in [1.29, 1.82) is 5.26 Å². The zero-order chi connectivity index (χ0) is 18.7. The highest BCUT2D eigenvalue weighted by molar-refractivity contribution is 6.29. The first kappa shape index (κ1) is 17.6. The van der Waals surface area contributed by atoms with Gasteiger partial charge in [0.1, 0.15) is 29.1 Å². The Bertz CT molecular complexity index is 1030. The average Bonchev–Trinajstić information content (AvgIpc) is 2.98. The molecule has 132 valence electrons. The number of hydrogen-bond donors (Lipinski definition) is 1. The zero-order valence-electron chi connectivity index (χ0n) is 13.7. The van der Waals surface area contributed by atoms with Crippen LogP contribution in [-0.4, -0.2) is 27.2 Å². The highest BCUT2D eigenvalue weighted by atomic mass is 35.5. The maximum Gasteiger partial charge on any atom is 0.414 e. The normalized spacial score (nSPS) is 10.5. The van der Waals surface area contributed by atoms with Crippen LogP contribution in [0.25, 0.3) is 10.9 Å². The minimum Gasteiger partial charge on any atom is -0.391 e. The standard InChI is InChI=1S/C17H13ClFN5O2/c1-10-2-3-13(19)16-12(10)6-11(8-20)24(16)5-4-21-17(25)26-15-7-14(18)22-9-23-15/h2-3,6-7,9H,4-5H2,1H3,(H,21,25). The summed E-state index contributed by atoms with van der Waals surface area (Å²) in [6.45, 7) is 2.17. The summed E-state index contributed by atoms with van der Waals surface area (Å²) >= 11 is 5.68. The molecule has 2 aromatic heterocycles. The van der Waals surface area contributed by atoms with E-state index in [-0.39, 0.29) is 24.1 Å². The van der Waals surface area contributed by atoms with Gasteiger partial charge in [-0.25, -0.2) is 19.2 Å². The van der Waals surface area contributed by atoms with E-state index < -0.39 is 11.9 Å². The van der Waals surface area contributed by atoms with E-state index in [2.05, 4.69) is 15.3 Å². The first-order chi connectivity index (χ1) is 12.5. The van der Waals surface area contributed by atoms with Crippen LogP contribution in [0.2, 0.25) is 5.15 Å². The van der Waals surface area contributed by atoms with Gasteiger partial charge in [0.05, 0.1) is 5.52 Å². The van der Waals surface area contributed by atoms with Crippen molar-refractivity contribution in [3.63, 3.8) is 0 Å². The van der Waals surface area contributed by atoms with Gasteiger partial charge >= 0.3 is 6.09 Å². The number of nitriles is 1. The SMILES string of the molecule is Cc1ccc(F)c2c1cc(C#N)n2CCNC(=O)Oc1cc(Cl)ncn1.